The van der Waals surface area contributed by atoms with Crippen LogP contribution in [0.2, 0.25) is 0 Å². The van der Waals surface area contributed by atoms with Crippen LogP contribution in [0.4, 0.5) is 0 Å². The van der Waals surface area contributed by atoms with Crippen molar-refractivity contribution in [1.82, 2.24) is 14.7 Å². The van der Waals surface area contributed by atoms with Gasteiger partial charge in [0.1, 0.15) is 0 Å². The average Bonchev–Trinajstić information content (AvgIpc) is 3.07. The fourth-order valence-electron chi connectivity index (χ4n) is 3.79. The van der Waals surface area contributed by atoms with Gasteiger partial charge in [0, 0.05) is 52.6 Å². The molecule has 3 amide bonds. The first kappa shape index (κ1) is 20.0. The molecule has 152 valence electrons. The summed E-state index contributed by atoms with van der Waals surface area (Å²) in [6, 6.07) is 5.55. The Balaban J connectivity index is 1.59. The number of carbonyl (C=O) groups excluding carboxylic acids is 3. The van der Waals surface area contributed by atoms with E-state index in [1.807, 2.05) is 18.2 Å². The van der Waals surface area contributed by atoms with Gasteiger partial charge in [0.2, 0.25) is 17.7 Å². The highest BCUT2D eigenvalue weighted by Gasteiger charge is 2.37. The Kier molecular flexibility index (Phi) is 6.06. The van der Waals surface area contributed by atoms with E-state index in [1.54, 1.807) is 35.8 Å². The number of carbonyl (C=O) groups is 3. The fraction of sp³-hybridized carbons (Fsp3) is 0.550. The van der Waals surface area contributed by atoms with E-state index < -0.39 is 0 Å². The van der Waals surface area contributed by atoms with Gasteiger partial charge in [-0.05, 0) is 17.7 Å². The minimum atomic E-state index is -0.323. The second-order valence-corrected chi connectivity index (χ2v) is 7.20. The number of amides is 3. The number of methoxy groups -OCH3 is 2. The highest BCUT2D eigenvalue weighted by Crippen LogP contribution is 2.29. The number of nitrogens with zero attached hydrogens (tertiary/aromatic N) is 3. The third kappa shape index (κ3) is 4.21. The van der Waals surface area contributed by atoms with Gasteiger partial charge in [0.05, 0.1) is 20.1 Å². The van der Waals surface area contributed by atoms with Crippen molar-refractivity contribution in [3.8, 4) is 11.5 Å². The molecule has 28 heavy (non-hydrogen) atoms. The van der Waals surface area contributed by atoms with E-state index in [1.165, 1.54) is 0 Å². The van der Waals surface area contributed by atoms with Crippen LogP contribution >= 0.6 is 0 Å². The summed E-state index contributed by atoms with van der Waals surface area (Å²) in [7, 11) is 3.15. The van der Waals surface area contributed by atoms with Gasteiger partial charge in [0.25, 0.3) is 0 Å². The van der Waals surface area contributed by atoms with Crippen molar-refractivity contribution < 1.29 is 23.9 Å². The van der Waals surface area contributed by atoms with Crippen LogP contribution in [0.1, 0.15) is 18.9 Å². The van der Waals surface area contributed by atoms with Crippen LogP contribution in [0.5, 0.6) is 11.5 Å². The standard InChI is InChI=1S/C20H27N3O5/c1-14(24)21-6-8-22(9-7-21)20(26)16-11-19(25)23(13-16)12-15-4-5-17(27-2)18(10-15)28-3/h4-5,10,16H,6-9,11-13H2,1-3H3. The molecule has 0 saturated carbocycles. The molecule has 8 nitrogen and oxygen atoms in total. The average molecular weight is 389 g/mol. The summed E-state index contributed by atoms with van der Waals surface area (Å²) in [5, 5.41) is 0. The third-order valence-electron chi connectivity index (χ3n) is 5.42. The lowest BCUT2D eigenvalue weighted by Crippen LogP contribution is -2.51. The number of ether oxygens (including phenoxy) is 2. The van der Waals surface area contributed by atoms with E-state index >= 15 is 0 Å². The molecular formula is C20H27N3O5. The maximum atomic E-state index is 12.8. The zero-order chi connectivity index (χ0) is 20.3. The zero-order valence-corrected chi connectivity index (χ0v) is 16.6. The minimum absolute atomic E-state index is 0.00589. The number of rotatable bonds is 5. The third-order valence-corrected chi connectivity index (χ3v) is 5.42. The van der Waals surface area contributed by atoms with Gasteiger partial charge in [-0.2, -0.15) is 0 Å². The maximum absolute atomic E-state index is 12.8. The fourth-order valence-corrected chi connectivity index (χ4v) is 3.79. The lowest BCUT2D eigenvalue weighted by molar-refractivity contribution is -0.141. The molecule has 2 aliphatic rings. The summed E-state index contributed by atoms with van der Waals surface area (Å²) in [5.41, 5.74) is 0.925. The lowest BCUT2D eigenvalue weighted by Gasteiger charge is -2.35. The predicted octanol–water partition coefficient (Wildman–Crippen LogP) is 0.743. The van der Waals surface area contributed by atoms with Gasteiger partial charge < -0.3 is 24.2 Å². The number of hydrogen-bond acceptors (Lipinski definition) is 5. The molecule has 0 aromatic heterocycles. The van der Waals surface area contributed by atoms with Crippen LogP contribution in [-0.4, -0.2) is 79.4 Å². The number of benzene rings is 1. The van der Waals surface area contributed by atoms with Crippen molar-refractivity contribution >= 4 is 17.7 Å². The summed E-state index contributed by atoms with van der Waals surface area (Å²) in [4.78, 5) is 41.9. The van der Waals surface area contributed by atoms with E-state index in [9.17, 15) is 14.4 Å². The smallest absolute Gasteiger partial charge is 0.228 e. The van der Waals surface area contributed by atoms with Gasteiger partial charge in [-0.3, -0.25) is 14.4 Å². The van der Waals surface area contributed by atoms with E-state index in [0.717, 1.165) is 5.56 Å². The highest BCUT2D eigenvalue weighted by molar-refractivity contribution is 5.89. The van der Waals surface area contributed by atoms with E-state index in [2.05, 4.69) is 0 Å². The molecule has 0 bridgehead atoms. The van der Waals surface area contributed by atoms with E-state index in [-0.39, 0.29) is 30.1 Å². The topological polar surface area (TPSA) is 79.4 Å². The van der Waals surface area contributed by atoms with Gasteiger partial charge in [0.15, 0.2) is 11.5 Å². The van der Waals surface area contributed by atoms with Crippen LogP contribution in [0, 0.1) is 5.92 Å². The molecule has 0 spiro atoms. The van der Waals surface area contributed by atoms with E-state index in [0.29, 0.717) is 50.8 Å². The molecule has 1 aromatic rings. The molecule has 3 rings (SSSR count). The van der Waals surface area contributed by atoms with Crippen molar-refractivity contribution in [2.24, 2.45) is 5.92 Å². The molecule has 2 aliphatic heterocycles. The van der Waals surface area contributed by atoms with Gasteiger partial charge in [-0.25, -0.2) is 0 Å². The van der Waals surface area contributed by atoms with Crippen molar-refractivity contribution in [3.05, 3.63) is 23.8 Å². The summed E-state index contributed by atoms with van der Waals surface area (Å²) in [6.45, 7) is 4.55. The molecule has 2 fully saturated rings. The second-order valence-electron chi connectivity index (χ2n) is 7.20. The number of piperazine rings is 1. The Morgan fingerprint density at radius 2 is 1.68 bits per heavy atom. The molecular weight excluding hydrogens is 362 g/mol. The normalized spacial score (nSPS) is 19.8. The predicted molar refractivity (Wildman–Crippen MR) is 102 cm³/mol. The summed E-state index contributed by atoms with van der Waals surface area (Å²) in [6.07, 6.45) is 0.235. The molecule has 0 radical (unpaired) electrons. The zero-order valence-electron chi connectivity index (χ0n) is 16.6. The maximum Gasteiger partial charge on any atom is 0.228 e. The highest BCUT2D eigenvalue weighted by atomic mass is 16.5. The van der Waals surface area contributed by atoms with Gasteiger partial charge in [-0.1, -0.05) is 6.07 Å². The van der Waals surface area contributed by atoms with Crippen molar-refractivity contribution in [3.63, 3.8) is 0 Å². The summed E-state index contributed by atoms with van der Waals surface area (Å²) in [5.74, 6) is 0.946. The molecule has 0 aliphatic carbocycles. The Hall–Kier alpha value is -2.77. The first-order valence-electron chi connectivity index (χ1n) is 9.46. The van der Waals surface area contributed by atoms with Crippen LogP contribution in [0.3, 0.4) is 0 Å². The first-order chi connectivity index (χ1) is 13.4. The Labute approximate surface area is 165 Å². The van der Waals surface area contributed by atoms with Crippen LogP contribution in [-0.2, 0) is 20.9 Å². The van der Waals surface area contributed by atoms with Crippen molar-refractivity contribution in [2.75, 3.05) is 46.9 Å². The summed E-state index contributed by atoms with van der Waals surface area (Å²) < 4.78 is 10.6. The van der Waals surface area contributed by atoms with Crippen molar-refractivity contribution in [1.29, 1.82) is 0 Å². The van der Waals surface area contributed by atoms with Gasteiger partial charge >= 0.3 is 0 Å². The lowest BCUT2D eigenvalue weighted by atomic mass is 10.1. The van der Waals surface area contributed by atoms with Crippen LogP contribution in [0.15, 0.2) is 18.2 Å². The Morgan fingerprint density at radius 1 is 1.04 bits per heavy atom. The van der Waals surface area contributed by atoms with Crippen LogP contribution < -0.4 is 9.47 Å². The molecule has 1 atom stereocenters. The molecule has 1 unspecified atom stereocenters. The summed E-state index contributed by atoms with van der Waals surface area (Å²) >= 11 is 0. The quantitative estimate of drug-likeness (QED) is 0.742. The van der Waals surface area contributed by atoms with E-state index in [4.69, 9.17) is 9.47 Å². The Morgan fingerprint density at radius 3 is 2.29 bits per heavy atom. The van der Waals surface area contributed by atoms with Gasteiger partial charge in [-0.15, -0.1) is 0 Å². The molecule has 0 N–H and O–H groups in total. The number of likely N-dealkylation sites (tertiary alicyclic amines) is 1. The molecule has 8 heteroatoms. The van der Waals surface area contributed by atoms with Crippen molar-refractivity contribution in [2.45, 2.75) is 19.9 Å². The molecule has 1 aromatic carbocycles. The largest absolute Gasteiger partial charge is 0.493 e. The molecule has 2 heterocycles. The minimum Gasteiger partial charge on any atom is -0.493 e. The number of hydrogen-bond donors (Lipinski definition) is 0. The van der Waals surface area contributed by atoms with Crippen LogP contribution in [0.25, 0.3) is 0 Å². The first-order valence-corrected chi connectivity index (χ1v) is 9.46. The monoisotopic (exact) mass is 389 g/mol. The SMILES string of the molecule is COc1ccc(CN2CC(C(=O)N3CCN(C(C)=O)CC3)CC2=O)cc1OC. The Bertz CT molecular complexity index is 758. The second kappa shape index (κ2) is 8.50. The molecule has 2 saturated heterocycles.